The summed E-state index contributed by atoms with van der Waals surface area (Å²) in [5.74, 6) is -0.878. The molecule has 3 heteroatoms. The highest BCUT2D eigenvalue weighted by Crippen LogP contribution is 2.29. The van der Waals surface area contributed by atoms with Crippen LogP contribution in [0.4, 0.5) is 0 Å². The van der Waals surface area contributed by atoms with E-state index in [4.69, 9.17) is 5.11 Å². The summed E-state index contributed by atoms with van der Waals surface area (Å²) in [5.41, 5.74) is 6.19. The van der Waals surface area contributed by atoms with Gasteiger partial charge in [0, 0.05) is 5.56 Å². The molecule has 25 heavy (non-hydrogen) atoms. The molecule has 3 aromatic rings. The number of carboxylic acids is 1. The molecule has 0 aliphatic carbocycles. The van der Waals surface area contributed by atoms with Crippen LogP contribution in [0.5, 0.6) is 0 Å². The monoisotopic (exact) mass is 330 g/mol. The Balaban J connectivity index is 2.00. The van der Waals surface area contributed by atoms with Gasteiger partial charge < -0.3 is 10.2 Å². The van der Waals surface area contributed by atoms with Crippen LogP contribution in [0, 0.1) is 6.92 Å². The topological polar surface area (TPSA) is 57.5 Å². The number of hydrogen-bond acceptors (Lipinski definition) is 2. The highest BCUT2D eigenvalue weighted by molar-refractivity contribution is 5.88. The molecule has 0 bridgehead atoms. The van der Waals surface area contributed by atoms with Crippen molar-refractivity contribution < 1.29 is 15.0 Å². The van der Waals surface area contributed by atoms with Crippen molar-refractivity contribution in [1.29, 1.82) is 0 Å². The molecule has 0 fully saturated rings. The summed E-state index contributed by atoms with van der Waals surface area (Å²) in [6.45, 7) is 5.56. The van der Waals surface area contributed by atoms with Gasteiger partial charge in [0.1, 0.15) is 5.76 Å². The maximum Gasteiger partial charge on any atom is 0.335 e. The molecular weight excluding hydrogens is 312 g/mol. The summed E-state index contributed by atoms with van der Waals surface area (Å²) in [5, 5.41) is 18.5. The third-order valence-electron chi connectivity index (χ3n) is 4.09. The number of aryl methyl sites for hydroxylation is 1. The van der Waals surface area contributed by atoms with Crippen LogP contribution in [0.1, 0.15) is 21.5 Å². The molecule has 3 nitrogen and oxygen atoms in total. The minimum atomic E-state index is -0.929. The summed E-state index contributed by atoms with van der Waals surface area (Å²) in [4.78, 5) is 11.0. The molecule has 0 amide bonds. The first kappa shape index (κ1) is 16.5. The molecule has 0 atom stereocenters. The number of benzene rings is 3. The number of carboxylic acid groups (broad SMARTS) is 1. The third-order valence-corrected chi connectivity index (χ3v) is 4.09. The molecule has 0 saturated heterocycles. The van der Waals surface area contributed by atoms with Gasteiger partial charge in [0.15, 0.2) is 0 Å². The zero-order valence-corrected chi connectivity index (χ0v) is 13.9. The van der Waals surface area contributed by atoms with Crippen LogP contribution in [-0.2, 0) is 0 Å². The standard InChI is InChI=1S/C22H18O3/c1-14-11-20(17-5-3-16(4-6-17)15(2)23)13-21(12-14)18-7-9-19(10-8-18)22(24)25/h3-13,23H,2H2,1H3,(H,24,25). The third kappa shape index (κ3) is 3.61. The van der Waals surface area contributed by atoms with Crippen molar-refractivity contribution in [3.05, 3.63) is 90.0 Å². The van der Waals surface area contributed by atoms with Gasteiger partial charge in [-0.25, -0.2) is 4.79 Å². The number of hydrogen-bond donors (Lipinski definition) is 2. The Kier molecular flexibility index (Phi) is 4.40. The van der Waals surface area contributed by atoms with E-state index in [0.29, 0.717) is 5.56 Å². The lowest BCUT2D eigenvalue weighted by atomic mass is 9.95. The molecule has 0 spiro atoms. The van der Waals surface area contributed by atoms with Crippen molar-refractivity contribution in [3.63, 3.8) is 0 Å². The van der Waals surface area contributed by atoms with E-state index < -0.39 is 5.97 Å². The second kappa shape index (κ2) is 6.65. The first-order valence-electron chi connectivity index (χ1n) is 7.88. The molecule has 3 rings (SSSR count). The maximum absolute atomic E-state index is 11.0. The van der Waals surface area contributed by atoms with Crippen molar-refractivity contribution in [2.75, 3.05) is 0 Å². The van der Waals surface area contributed by atoms with Crippen molar-refractivity contribution in [2.24, 2.45) is 0 Å². The smallest absolute Gasteiger partial charge is 0.335 e. The number of carbonyl (C=O) groups is 1. The van der Waals surface area contributed by atoms with E-state index in [-0.39, 0.29) is 11.3 Å². The average molecular weight is 330 g/mol. The van der Waals surface area contributed by atoms with E-state index in [9.17, 15) is 9.90 Å². The van der Waals surface area contributed by atoms with Crippen molar-refractivity contribution in [2.45, 2.75) is 6.92 Å². The van der Waals surface area contributed by atoms with Crippen LogP contribution >= 0.6 is 0 Å². The zero-order chi connectivity index (χ0) is 18.0. The summed E-state index contributed by atoms with van der Waals surface area (Å²) >= 11 is 0. The Bertz CT molecular complexity index is 860. The van der Waals surface area contributed by atoms with Crippen LogP contribution < -0.4 is 0 Å². The van der Waals surface area contributed by atoms with Gasteiger partial charge in [-0.15, -0.1) is 0 Å². The summed E-state index contributed by atoms with van der Waals surface area (Å²) < 4.78 is 0. The van der Waals surface area contributed by atoms with Crippen LogP contribution in [0.25, 0.3) is 28.0 Å². The molecular formula is C22H18O3. The Morgan fingerprint density at radius 2 is 1.16 bits per heavy atom. The van der Waals surface area contributed by atoms with Gasteiger partial charge >= 0.3 is 5.97 Å². The average Bonchev–Trinajstić information content (AvgIpc) is 2.61. The van der Waals surface area contributed by atoms with E-state index >= 15 is 0 Å². The van der Waals surface area contributed by atoms with Gasteiger partial charge in [0.05, 0.1) is 5.56 Å². The van der Waals surface area contributed by atoms with Crippen molar-refractivity contribution in [1.82, 2.24) is 0 Å². The minimum absolute atomic E-state index is 0.0509. The summed E-state index contributed by atoms with van der Waals surface area (Å²) in [6, 6.07) is 20.7. The van der Waals surface area contributed by atoms with Gasteiger partial charge in [-0.05, 0) is 52.9 Å². The molecule has 2 N–H and O–H groups in total. The summed E-state index contributed by atoms with van der Waals surface area (Å²) in [7, 11) is 0. The van der Waals surface area contributed by atoms with Gasteiger partial charge in [0.25, 0.3) is 0 Å². The maximum atomic E-state index is 11.0. The Morgan fingerprint density at radius 1 is 0.720 bits per heavy atom. The quantitative estimate of drug-likeness (QED) is 0.616. The SMILES string of the molecule is C=C(O)c1ccc(-c2cc(C)cc(-c3ccc(C(=O)O)cc3)c2)cc1. The molecule has 3 aromatic carbocycles. The minimum Gasteiger partial charge on any atom is -0.508 e. The normalized spacial score (nSPS) is 10.4. The number of aliphatic hydroxyl groups excluding tert-OH is 1. The molecule has 0 unspecified atom stereocenters. The first-order chi connectivity index (χ1) is 11.9. The van der Waals surface area contributed by atoms with Gasteiger partial charge in [0.2, 0.25) is 0 Å². The predicted octanol–water partition coefficient (Wildman–Crippen LogP) is 5.56. The predicted molar refractivity (Wildman–Crippen MR) is 101 cm³/mol. The highest BCUT2D eigenvalue weighted by Gasteiger charge is 2.07. The second-order valence-electron chi connectivity index (χ2n) is 5.99. The van der Waals surface area contributed by atoms with E-state index in [0.717, 1.165) is 27.8 Å². The van der Waals surface area contributed by atoms with Gasteiger partial charge in [-0.1, -0.05) is 55.1 Å². The molecule has 124 valence electrons. The largest absolute Gasteiger partial charge is 0.508 e. The Labute approximate surface area is 146 Å². The molecule has 0 radical (unpaired) electrons. The van der Waals surface area contributed by atoms with Crippen LogP contribution in [0.15, 0.2) is 73.3 Å². The Hall–Kier alpha value is -3.33. The van der Waals surface area contributed by atoms with E-state index in [1.807, 2.05) is 43.3 Å². The van der Waals surface area contributed by atoms with Crippen molar-refractivity contribution >= 4 is 11.7 Å². The lowest BCUT2D eigenvalue weighted by Gasteiger charge is -2.09. The lowest BCUT2D eigenvalue weighted by Crippen LogP contribution is -1.95. The van der Waals surface area contributed by atoms with Gasteiger partial charge in [-0.3, -0.25) is 0 Å². The number of aliphatic hydroxyl groups is 1. The number of rotatable bonds is 4. The van der Waals surface area contributed by atoms with Crippen LogP contribution in [-0.4, -0.2) is 16.2 Å². The van der Waals surface area contributed by atoms with Gasteiger partial charge in [-0.2, -0.15) is 0 Å². The molecule has 0 aliphatic heterocycles. The van der Waals surface area contributed by atoms with E-state index in [2.05, 4.69) is 24.8 Å². The molecule has 0 aromatic heterocycles. The van der Waals surface area contributed by atoms with Crippen LogP contribution in [0.3, 0.4) is 0 Å². The fourth-order valence-electron chi connectivity index (χ4n) is 2.78. The molecule has 0 heterocycles. The fraction of sp³-hybridized carbons (Fsp3) is 0.0455. The molecule has 0 saturated carbocycles. The highest BCUT2D eigenvalue weighted by atomic mass is 16.4. The summed E-state index contributed by atoms with van der Waals surface area (Å²) in [6.07, 6.45) is 0. The second-order valence-corrected chi connectivity index (χ2v) is 5.99. The lowest BCUT2D eigenvalue weighted by molar-refractivity contribution is 0.0697. The molecule has 0 aliphatic rings. The zero-order valence-electron chi connectivity index (χ0n) is 13.9. The van der Waals surface area contributed by atoms with Crippen molar-refractivity contribution in [3.8, 4) is 22.3 Å². The first-order valence-corrected chi connectivity index (χ1v) is 7.88. The van der Waals surface area contributed by atoms with Crippen LogP contribution in [0.2, 0.25) is 0 Å². The fourth-order valence-corrected chi connectivity index (χ4v) is 2.78. The van der Waals surface area contributed by atoms with E-state index in [1.54, 1.807) is 12.1 Å². The number of aromatic carboxylic acids is 1. The van der Waals surface area contributed by atoms with E-state index in [1.165, 1.54) is 0 Å². The Morgan fingerprint density at radius 3 is 1.56 bits per heavy atom.